The highest BCUT2D eigenvalue weighted by Gasteiger charge is 2.04. The molecule has 2 N–H and O–H groups in total. The summed E-state index contributed by atoms with van der Waals surface area (Å²) in [5.74, 6) is 0.491. The van der Waals surface area contributed by atoms with Crippen LogP contribution in [0.5, 0.6) is 11.5 Å². The molecule has 0 aromatic heterocycles. The average Bonchev–Trinajstić information content (AvgIpc) is 2.79. The monoisotopic (exact) mass is 420 g/mol. The fourth-order valence-corrected chi connectivity index (χ4v) is 3.37. The van der Waals surface area contributed by atoms with Crippen LogP contribution in [0.2, 0.25) is 0 Å². The van der Waals surface area contributed by atoms with Crippen molar-refractivity contribution in [1.29, 1.82) is 0 Å². The summed E-state index contributed by atoms with van der Waals surface area (Å²) in [4.78, 5) is 9.18. The van der Waals surface area contributed by atoms with E-state index in [9.17, 15) is 10.2 Å². The van der Waals surface area contributed by atoms with Gasteiger partial charge in [0.15, 0.2) is 0 Å². The van der Waals surface area contributed by atoms with Gasteiger partial charge in [-0.15, -0.1) is 0 Å². The second-order valence-electron chi connectivity index (χ2n) is 7.70. The van der Waals surface area contributed by atoms with Gasteiger partial charge >= 0.3 is 0 Å². The largest absolute Gasteiger partial charge is 0.508 e. The molecule has 0 heterocycles. The van der Waals surface area contributed by atoms with Crippen molar-refractivity contribution in [3.05, 3.63) is 107 Å². The molecule has 0 amide bonds. The van der Waals surface area contributed by atoms with Crippen molar-refractivity contribution in [3.8, 4) is 22.6 Å². The Balaban J connectivity index is 1.52. The van der Waals surface area contributed by atoms with Crippen molar-refractivity contribution in [2.24, 2.45) is 9.98 Å². The maximum atomic E-state index is 9.39. The number of rotatable bonds is 5. The van der Waals surface area contributed by atoms with Gasteiger partial charge in [-0.3, -0.25) is 9.98 Å². The van der Waals surface area contributed by atoms with Crippen LogP contribution in [0.4, 0.5) is 11.4 Å². The number of benzene rings is 4. The summed E-state index contributed by atoms with van der Waals surface area (Å²) < 4.78 is 0. The van der Waals surface area contributed by atoms with Gasteiger partial charge < -0.3 is 10.2 Å². The third-order valence-corrected chi connectivity index (χ3v) is 5.22. The molecule has 0 bridgehead atoms. The van der Waals surface area contributed by atoms with Gasteiger partial charge in [0.1, 0.15) is 11.5 Å². The van der Waals surface area contributed by atoms with Crippen LogP contribution in [0.3, 0.4) is 0 Å². The van der Waals surface area contributed by atoms with Crippen molar-refractivity contribution in [2.45, 2.75) is 13.8 Å². The average molecular weight is 421 g/mol. The fourth-order valence-electron chi connectivity index (χ4n) is 3.37. The third-order valence-electron chi connectivity index (χ3n) is 5.22. The zero-order valence-corrected chi connectivity index (χ0v) is 18.0. The summed E-state index contributed by atoms with van der Waals surface area (Å²) in [5, 5.41) is 18.8. The highest BCUT2D eigenvalue weighted by molar-refractivity contribution is 5.84. The lowest BCUT2D eigenvalue weighted by atomic mass is 10.00. The normalized spacial score (nSPS) is 11.4. The molecule has 4 aromatic carbocycles. The Morgan fingerprint density at radius 2 is 0.906 bits per heavy atom. The van der Waals surface area contributed by atoms with Crippen molar-refractivity contribution in [2.75, 3.05) is 0 Å². The first-order valence-corrected chi connectivity index (χ1v) is 10.4. The van der Waals surface area contributed by atoms with Gasteiger partial charge in [-0.05, 0) is 120 Å². The van der Waals surface area contributed by atoms with Crippen molar-refractivity contribution >= 4 is 23.8 Å². The highest BCUT2D eigenvalue weighted by Crippen LogP contribution is 2.30. The second-order valence-corrected chi connectivity index (χ2v) is 7.70. The number of aryl methyl sites for hydroxylation is 2. The molecule has 0 saturated heterocycles. The van der Waals surface area contributed by atoms with Crippen LogP contribution in [-0.4, -0.2) is 22.6 Å². The van der Waals surface area contributed by atoms with Crippen LogP contribution >= 0.6 is 0 Å². The molecule has 4 aromatic rings. The number of hydrogen-bond donors (Lipinski definition) is 2. The Kier molecular flexibility index (Phi) is 6.13. The zero-order chi connectivity index (χ0) is 22.5. The standard InChI is InChI=1S/C28H24N2O2/c1-19-15-23(7-13-27(19)29-17-21-3-9-25(31)10-4-21)24-8-14-28(20(2)16-24)30-18-22-5-11-26(32)12-6-22/h3-18,31-32H,1-2H3. The van der Waals surface area contributed by atoms with Gasteiger partial charge in [0.05, 0.1) is 11.4 Å². The van der Waals surface area contributed by atoms with Gasteiger partial charge in [0.2, 0.25) is 0 Å². The molecule has 0 fully saturated rings. The number of phenols is 2. The van der Waals surface area contributed by atoms with E-state index in [1.807, 2.05) is 36.4 Å². The van der Waals surface area contributed by atoms with Crippen molar-refractivity contribution in [1.82, 2.24) is 0 Å². The SMILES string of the molecule is Cc1cc(-c2ccc(N=Cc3ccc(O)cc3)c(C)c2)ccc1N=Cc1ccc(O)cc1. The first-order chi connectivity index (χ1) is 15.5. The minimum atomic E-state index is 0.245. The molecule has 0 aliphatic heterocycles. The van der Waals surface area contributed by atoms with E-state index in [1.54, 1.807) is 36.7 Å². The van der Waals surface area contributed by atoms with Gasteiger partial charge in [-0.1, -0.05) is 12.1 Å². The predicted octanol–water partition coefficient (Wildman–Crippen LogP) is 6.88. The molecule has 0 atom stereocenters. The maximum absolute atomic E-state index is 9.39. The lowest BCUT2D eigenvalue weighted by Gasteiger charge is -2.08. The number of hydrogen-bond acceptors (Lipinski definition) is 4. The fraction of sp³-hybridized carbons (Fsp3) is 0.0714. The quantitative estimate of drug-likeness (QED) is 0.346. The summed E-state index contributed by atoms with van der Waals surface area (Å²) in [5.41, 5.74) is 8.12. The van der Waals surface area contributed by atoms with E-state index in [0.717, 1.165) is 44.8 Å². The maximum Gasteiger partial charge on any atom is 0.115 e. The highest BCUT2D eigenvalue weighted by atomic mass is 16.3. The van der Waals surface area contributed by atoms with Crippen molar-refractivity contribution in [3.63, 3.8) is 0 Å². The van der Waals surface area contributed by atoms with E-state index in [-0.39, 0.29) is 11.5 Å². The molecule has 32 heavy (non-hydrogen) atoms. The third kappa shape index (κ3) is 5.10. The molecule has 0 radical (unpaired) electrons. The van der Waals surface area contributed by atoms with Crippen LogP contribution in [0, 0.1) is 13.8 Å². The van der Waals surface area contributed by atoms with E-state index in [0.29, 0.717) is 0 Å². The van der Waals surface area contributed by atoms with E-state index in [4.69, 9.17) is 0 Å². The number of nitrogens with zero attached hydrogens (tertiary/aromatic N) is 2. The molecular weight excluding hydrogens is 396 g/mol. The molecule has 4 rings (SSSR count). The van der Waals surface area contributed by atoms with Crippen LogP contribution < -0.4 is 0 Å². The second kappa shape index (κ2) is 9.31. The van der Waals surface area contributed by atoms with E-state index in [2.05, 4.69) is 48.1 Å². The molecular formula is C28H24N2O2. The van der Waals surface area contributed by atoms with Crippen molar-refractivity contribution < 1.29 is 10.2 Å². The van der Waals surface area contributed by atoms with E-state index >= 15 is 0 Å². The van der Waals surface area contributed by atoms with Crippen LogP contribution in [-0.2, 0) is 0 Å². The Hall–Kier alpha value is -4.18. The van der Waals surface area contributed by atoms with E-state index < -0.39 is 0 Å². The molecule has 158 valence electrons. The molecule has 4 nitrogen and oxygen atoms in total. The van der Waals surface area contributed by atoms with Crippen LogP contribution in [0.1, 0.15) is 22.3 Å². The topological polar surface area (TPSA) is 65.2 Å². The Bertz CT molecular complexity index is 1190. The minimum Gasteiger partial charge on any atom is -0.508 e. The molecule has 0 aliphatic carbocycles. The number of aliphatic imine (C=N–C) groups is 2. The predicted molar refractivity (Wildman–Crippen MR) is 132 cm³/mol. The summed E-state index contributed by atoms with van der Waals surface area (Å²) in [6.07, 6.45) is 3.60. The summed E-state index contributed by atoms with van der Waals surface area (Å²) in [6.45, 7) is 4.10. The molecule has 0 saturated carbocycles. The molecule has 4 heteroatoms. The number of aromatic hydroxyl groups is 2. The smallest absolute Gasteiger partial charge is 0.115 e. The zero-order valence-electron chi connectivity index (χ0n) is 18.0. The Labute approximate surface area is 187 Å². The Morgan fingerprint density at radius 1 is 0.531 bits per heavy atom. The first kappa shape index (κ1) is 21.1. The first-order valence-electron chi connectivity index (χ1n) is 10.4. The molecule has 0 spiro atoms. The van der Waals surface area contributed by atoms with Crippen LogP contribution in [0.15, 0.2) is 94.9 Å². The lowest BCUT2D eigenvalue weighted by molar-refractivity contribution is 0.475. The van der Waals surface area contributed by atoms with Gasteiger partial charge in [0.25, 0.3) is 0 Å². The van der Waals surface area contributed by atoms with Gasteiger partial charge in [0, 0.05) is 12.4 Å². The van der Waals surface area contributed by atoms with Crippen LogP contribution in [0.25, 0.3) is 11.1 Å². The lowest BCUT2D eigenvalue weighted by Crippen LogP contribution is -1.85. The number of phenolic OH excluding ortho intramolecular Hbond substituents is 2. The Morgan fingerprint density at radius 3 is 1.25 bits per heavy atom. The summed E-state index contributed by atoms with van der Waals surface area (Å²) >= 11 is 0. The molecule has 0 unspecified atom stereocenters. The molecule has 0 aliphatic rings. The van der Waals surface area contributed by atoms with Gasteiger partial charge in [-0.2, -0.15) is 0 Å². The summed E-state index contributed by atoms with van der Waals surface area (Å²) in [7, 11) is 0. The summed E-state index contributed by atoms with van der Waals surface area (Å²) in [6, 6.07) is 26.4. The van der Waals surface area contributed by atoms with Gasteiger partial charge in [-0.25, -0.2) is 0 Å². The van der Waals surface area contributed by atoms with E-state index in [1.165, 1.54) is 0 Å². The minimum absolute atomic E-state index is 0.245.